The third-order valence-corrected chi connectivity index (χ3v) is 7.65. The number of thiazole rings is 1. The van der Waals surface area contributed by atoms with Crippen LogP contribution in [0.4, 0.5) is 0 Å². The number of fused-ring (bicyclic) bond motifs is 4. The first kappa shape index (κ1) is 17.2. The Morgan fingerprint density at radius 1 is 0.889 bits per heavy atom. The van der Waals surface area contributed by atoms with Gasteiger partial charge in [-0.3, -0.25) is 0 Å². The van der Waals surface area contributed by atoms with E-state index in [1.807, 2.05) is 0 Å². The van der Waals surface area contributed by atoms with E-state index in [0.29, 0.717) is 0 Å². The first-order valence-electron chi connectivity index (χ1n) is 9.47. The van der Waals surface area contributed by atoms with E-state index in [0.717, 1.165) is 27.8 Å². The second-order valence-corrected chi connectivity index (χ2v) is 9.17. The number of aromatic nitrogens is 1. The lowest BCUT2D eigenvalue weighted by Crippen LogP contribution is -2.23. The van der Waals surface area contributed by atoms with Gasteiger partial charge in [0.25, 0.3) is 0 Å². The standard InChI is InChI=1S/C24H20BrNS/c1-3-24(4-2)19-13-15(23-26-21-7-5-6-8-22(21)27-23)9-11-17(19)18-12-10-16(25)14-20(18)24/h5-14H,3-4H2,1-2H3. The van der Waals surface area contributed by atoms with Crippen LogP contribution in [0.15, 0.2) is 65.1 Å². The Bertz CT molecular complexity index is 1140. The van der Waals surface area contributed by atoms with E-state index in [1.54, 1.807) is 11.3 Å². The number of halogens is 1. The second kappa shape index (κ2) is 6.29. The molecule has 0 aliphatic heterocycles. The lowest BCUT2D eigenvalue weighted by Gasteiger charge is -2.30. The highest BCUT2D eigenvalue weighted by atomic mass is 79.9. The molecule has 134 valence electrons. The molecule has 0 saturated carbocycles. The van der Waals surface area contributed by atoms with Gasteiger partial charge in [0, 0.05) is 15.5 Å². The van der Waals surface area contributed by atoms with Crippen molar-refractivity contribution >= 4 is 37.5 Å². The molecule has 27 heavy (non-hydrogen) atoms. The average Bonchev–Trinajstić information content (AvgIpc) is 3.24. The van der Waals surface area contributed by atoms with Gasteiger partial charge in [0.15, 0.2) is 0 Å². The molecule has 4 aromatic rings. The molecule has 5 rings (SSSR count). The fraction of sp³-hybridized carbons (Fsp3) is 0.208. The molecular formula is C24H20BrNS. The number of rotatable bonds is 3. The van der Waals surface area contributed by atoms with Gasteiger partial charge in [-0.15, -0.1) is 11.3 Å². The van der Waals surface area contributed by atoms with Gasteiger partial charge >= 0.3 is 0 Å². The summed E-state index contributed by atoms with van der Waals surface area (Å²) in [5.41, 5.74) is 8.08. The van der Waals surface area contributed by atoms with E-state index in [1.165, 1.54) is 32.5 Å². The monoisotopic (exact) mass is 433 g/mol. The molecule has 0 unspecified atom stereocenters. The van der Waals surface area contributed by atoms with E-state index >= 15 is 0 Å². The zero-order valence-electron chi connectivity index (χ0n) is 15.4. The molecule has 1 aromatic heterocycles. The summed E-state index contributed by atoms with van der Waals surface area (Å²) < 4.78 is 2.41. The third kappa shape index (κ3) is 2.45. The van der Waals surface area contributed by atoms with Crippen LogP contribution < -0.4 is 0 Å². The summed E-state index contributed by atoms with van der Waals surface area (Å²) in [5, 5.41) is 1.11. The maximum Gasteiger partial charge on any atom is 0.124 e. The Balaban J connectivity index is 1.73. The quantitative estimate of drug-likeness (QED) is 0.320. The molecule has 1 nitrogen and oxygen atoms in total. The summed E-state index contributed by atoms with van der Waals surface area (Å²) in [5.74, 6) is 0. The highest BCUT2D eigenvalue weighted by molar-refractivity contribution is 9.10. The minimum Gasteiger partial charge on any atom is -0.236 e. The molecule has 0 radical (unpaired) electrons. The largest absolute Gasteiger partial charge is 0.236 e. The van der Waals surface area contributed by atoms with E-state index < -0.39 is 0 Å². The van der Waals surface area contributed by atoms with Crippen LogP contribution in [-0.4, -0.2) is 4.98 Å². The van der Waals surface area contributed by atoms with Gasteiger partial charge < -0.3 is 0 Å². The van der Waals surface area contributed by atoms with Crippen molar-refractivity contribution in [3.8, 4) is 21.7 Å². The Labute approximate surface area is 172 Å². The number of hydrogen-bond acceptors (Lipinski definition) is 2. The van der Waals surface area contributed by atoms with E-state index in [2.05, 4.69) is 90.4 Å². The van der Waals surface area contributed by atoms with Crippen molar-refractivity contribution in [2.45, 2.75) is 32.1 Å². The Hall–Kier alpha value is -1.97. The fourth-order valence-corrected chi connectivity index (χ4v) is 5.93. The molecule has 1 heterocycles. The smallest absolute Gasteiger partial charge is 0.124 e. The molecule has 1 aliphatic carbocycles. The van der Waals surface area contributed by atoms with Crippen molar-refractivity contribution in [2.24, 2.45) is 0 Å². The van der Waals surface area contributed by atoms with Crippen molar-refractivity contribution in [3.63, 3.8) is 0 Å². The summed E-state index contributed by atoms with van der Waals surface area (Å²) in [7, 11) is 0. The Morgan fingerprint density at radius 3 is 2.33 bits per heavy atom. The molecule has 0 fully saturated rings. The van der Waals surface area contributed by atoms with Crippen LogP contribution in [0.25, 0.3) is 31.9 Å². The van der Waals surface area contributed by atoms with Crippen LogP contribution in [-0.2, 0) is 5.41 Å². The van der Waals surface area contributed by atoms with Crippen molar-refractivity contribution in [2.75, 3.05) is 0 Å². The molecule has 0 saturated heterocycles. The normalized spacial score (nSPS) is 14.3. The molecule has 0 spiro atoms. The number of benzene rings is 3. The summed E-state index contributed by atoms with van der Waals surface area (Å²) in [6.07, 6.45) is 2.20. The Kier molecular flexibility index (Phi) is 3.99. The van der Waals surface area contributed by atoms with Crippen LogP contribution in [0.3, 0.4) is 0 Å². The first-order valence-corrected chi connectivity index (χ1v) is 11.1. The van der Waals surface area contributed by atoms with E-state index in [4.69, 9.17) is 4.98 Å². The van der Waals surface area contributed by atoms with Crippen molar-refractivity contribution < 1.29 is 0 Å². The summed E-state index contributed by atoms with van der Waals surface area (Å²) in [4.78, 5) is 4.88. The fourth-order valence-electron chi connectivity index (χ4n) is 4.61. The van der Waals surface area contributed by atoms with Crippen LogP contribution >= 0.6 is 27.3 Å². The molecule has 0 atom stereocenters. The van der Waals surface area contributed by atoms with Gasteiger partial charge in [-0.1, -0.05) is 60.1 Å². The summed E-state index contributed by atoms with van der Waals surface area (Å²) >= 11 is 5.46. The molecule has 3 heteroatoms. The average molecular weight is 434 g/mol. The SMILES string of the molecule is CCC1(CC)c2cc(Br)ccc2-c2ccc(-c3nc4ccccc4s3)cc21. The van der Waals surface area contributed by atoms with Gasteiger partial charge in [-0.05, 0) is 65.4 Å². The minimum atomic E-state index is 0.0845. The van der Waals surface area contributed by atoms with E-state index in [9.17, 15) is 0 Å². The van der Waals surface area contributed by atoms with Gasteiger partial charge in [0.2, 0.25) is 0 Å². The number of para-hydroxylation sites is 1. The topological polar surface area (TPSA) is 12.9 Å². The van der Waals surface area contributed by atoms with Crippen LogP contribution in [0.2, 0.25) is 0 Å². The lowest BCUT2D eigenvalue weighted by molar-refractivity contribution is 0.490. The predicted octanol–water partition coefficient (Wildman–Crippen LogP) is 7.81. The van der Waals surface area contributed by atoms with Gasteiger partial charge in [-0.2, -0.15) is 0 Å². The van der Waals surface area contributed by atoms with Crippen molar-refractivity contribution in [3.05, 3.63) is 76.3 Å². The van der Waals surface area contributed by atoms with Crippen molar-refractivity contribution in [1.29, 1.82) is 0 Å². The second-order valence-electron chi connectivity index (χ2n) is 7.23. The first-order chi connectivity index (χ1) is 13.2. The maximum absolute atomic E-state index is 4.88. The Morgan fingerprint density at radius 2 is 1.59 bits per heavy atom. The van der Waals surface area contributed by atoms with E-state index in [-0.39, 0.29) is 5.41 Å². The minimum absolute atomic E-state index is 0.0845. The summed E-state index contributed by atoms with van der Waals surface area (Å²) in [6.45, 7) is 4.63. The zero-order chi connectivity index (χ0) is 18.6. The van der Waals surface area contributed by atoms with Crippen LogP contribution in [0, 0.1) is 0 Å². The molecule has 0 amide bonds. The number of hydrogen-bond donors (Lipinski definition) is 0. The lowest BCUT2D eigenvalue weighted by atomic mass is 9.73. The molecule has 0 bridgehead atoms. The van der Waals surface area contributed by atoms with Crippen LogP contribution in [0.5, 0.6) is 0 Å². The van der Waals surface area contributed by atoms with Gasteiger partial charge in [0.05, 0.1) is 10.2 Å². The number of nitrogens with zero attached hydrogens (tertiary/aromatic N) is 1. The van der Waals surface area contributed by atoms with Crippen LogP contribution in [0.1, 0.15) is 37.8 Å². The predicted molar refractivity (Wildman–Crippen MR) is 120 cm³/mol. The highest BCUT2D eigenvalue weighted by Crippen LogP contribution is 2.54. The molecular weight excluding hydrogens is 414 g/mol. The maximum atomic E-state index is 4.88. The molecule has 0 N–H and O–H groups in total. The third-order valence-electron chi connectivity index (χ3n) is 6.07. The molecule has 1 aliphatic rings. The van der Waals surface area contributed by atoms with Gasteiger partial charge in [-0.25, -0.2) is 4.98 Å². The van der Waals surface area contributed by atoms with Gasteiger partial charge in [0.1, 0.15) is 5.01 Å². The highest BCUT2D eigenvalue weighted by Gasteiger charge is 2.40. The molecule has 3 aromatic carbocycles. The van der Waals surface area contributed by atoms with Crippen molar-refractivity contribution in [1.82, 2.24) is 4.98 Å². The zero-order valence-corrected chi connectivity index (χ0v) is 17.8. The summed E-state index contributed by atoms with van der Waals surface area (Å²) in [6, 6.07) is 22.1.